The topological polar surface area (TPSA) is 38.8 Å². The van der Waals surface area contributed by atoms with Gasteiger partial charge in [-0.05, 0) is 47.7 Å². The van der Waals surface area contributed by atoms with Crippen LogP contribution in [0.4, 0.5) is 18.9 Å². The van der Waals surface area contributed by atoms with Crippen molar-refractivity contribution in [3.8, 4) is 11.5 Å². The average Bonchev–Trinajstić information content (AvgIpc) is 3.26. The van der Waals surface area contributed by atoms with Gasteiger partial charge in [0, 0.05) is 23.2 Å². The molecule has 1 amide bonds. The van der Waals surface area contributed by atoms with E-state index in [1.807, 2.05) is 17.5 Å². The van der Waals surface area contributed by atoms with E-state index in [0.717, 1.165) is 17.0 Å². The van der Waals surface area contributed by atoms with Gasteiger partial charge >= 0.3 is 6.18 Å². The Bertz CT molecular complexity index is 1000. The molecule has 4 nitrogen and oxygen atoms in total. The molecule has 0 atom stereocenters. The molecule has 1 heterocycles. The maximum absolute atomic E-state index is 13.1. The predicted molar refractivity (Wildman–Crippen MR) is 115 cm³/mol. The van der Waals surface area contributed by atoms with Gasteiger partial charge in [-0.3, -0.25) is 4.79 Å². The molecule has 0 spiro atoms. The molecule has 0 aliphatic carbocycles. The first-order valence-corrected chi connectivity index (χ1v) is 10.4. The highest BCUT2D eigenvalue weighted by Gasteiger charge is 2.30. The molecule has 0 aliphatic rings. The summed E-state index contributed by atoms with van der Waals surface area (Å²) >= 11 is 1.50. The van der Waals surface area contributed by atoms with Crippen molar-refractivity contribution in [2.75, 3.05) is 25.7 Å². The molecule has 164 valence electrons. The van der Waals surface area contributed by atoms with Crippen molar-refractivity contribution in [3.63, 3.8) is 0 Å². The number of anilines is 1. The number of benzene rings is 2. The lowest BCUT2D eigenvalue weighted by molar-refractivity contribution is -0.137. The number of hydrogen-bond acceptors (Lipinski definition) is 4. The number of alkyl halides is 3. The van der Waals surface area contributed by atoms with Crippen LogP contribution < -0.4 is 14.4 Å². The summed E-state index contributed by atoms with van der Waals surface area (Å²) in [6, 6.07) is 14.0. The van der Waals surface area contributed by atoms with Crippen molar-refractivity contribution >= 4 is 22.9 Å². The van der Waals surface area contributed by atoms with Crippen molar-refractivity contribution in [2.24, 2.45) is 0 Å². The third kappa shape index (κ3) is 5.79. The molecule has 8 heteroatoms. The summed E-state index contributed by atoms with van der Waals surface area (Å²) in [6.07, 6.45) is -3.73. The normalized spacial score (nSPS) is 11.3. The Morgan fingerprint density at radius 2 is 1.71 bits per heavy atom. The number of carbonyl (C=O) groups is 1. The smallest absolute Gasteiger partial charge is 0.416 e. The molecular weight excluding hydrogens is 427 g/mol. The van der Waals surface area contributed by atoms with Crippen LogP contribution in [0.5, 0.6) is 11.5 Å². The SMILES string of the molecule is COc1ccc(N(CCc2ccc(C(F)(F)F)cc2)C(=O)Cc2cccs2)cc1OC. The number of methoxy groups -OCH3 is 2. The van der Waals surface area contributed by atoms with Gasteiger partial charge in [-0.2, -0.15) is 13.2 Å². The minimum absolute atomic E-state index is 0.110. The fourth-order valence-corrected chi connectivity index (χ4v) is 3.85. The van der Waals surface area contributed by atoms with E-state index in [0.29, 0.717) is 35.7 Å². The summed E-state index contributed by atoms with van der Waals surface area (Å²) in [5.74, 6) is 0.921. The molecule has 0 saturated heterocycles. The average molecular weight is 449 g/mol. The van der Waals surface area contributed by atoms with E-state index in [2.05, 4.69) is 0 Å². The molecular formula is C23H22F3NO3S. The molecule has 2 aromatic carbocycles. The van der Waals surface area contributed by atoms with Gasteiger partial charge in [-0.25, -0.2) is 0 Å². The molecule has 1 aromatic heterocycles. The summed E-state index contributed by atoms with van der Waals surface area (Å²) in [5, 5.41) is 1.91. The van der Waals surface area contributed by atoms with Gasteiger partial charge < -0.3 is 14.4 Å². The van der Waals surface area contributed by atoms with Crippen LogP contribution in [-0.4, -0.2) is 26.7 Å². The lowest BCUT2D eigenvalue weighted by Gasteiger charge is -2.24. The number of halogens is 3. The van der Waals surface area contributed by atoms with Gasteiger partial charge in [-0.15, -0.1) is 11.3 Å². The third-order valence-corrected chi connectivity index (χ3v) is 5.67. The molecule has 0 N–H and O–H groups in total. The Morgan fingerprint density at radius 3 is 2.29 bits per heavy atom. The molecule has 31 heavy (non-hydrogen) atoms. The molecule has 3 aromatic rings. The second-order valence-corrected chi connectivity index (χ2v) is 7.82. The van der Waals surface area contributed by atoms with Gasteiger partial charge in [0.15, 0.2) is 11.5 Å². The number of ether oxygens (including phenoxy) is 2. The Morgan fingerprint density at radius 1 is 1.00 bits per heavy atom. The number of thiophene rings is 1. The first-order valence-electron chi connectivity index (χ1n) is 9.52. The van der Waals surface area contributed by atoms with Gasteiger partial charge in [0.1, 0.15) is 0 Å². The molecule has 0 aliphatic heterocycles. The van der Waals surface area contributed by atoms with Gasteiger partial charge in [-0.1, -0.05) is 18.2 Å². The fraction of sp³-hybridized carbons (Fsp3) is 0.261. The zero-order valence-electron chi connectivity index (χ0n) is 17.1. The minimum atomic E-state index is -4.37. The first kappa shape index (κ1) is 22.7. The van der Waals surface area contributed by atoms with Crippen LogP contribution in [-0.2, 0) is 23.8 Å². The van der Waals surface area contributed by atoms with E-state index in [1.54, 1.807) is 23.1 Å². The van der Waals surface area contributed by atoms with Gasteiger partial charge in [0.2, 0.25) is 5.91 Å². The summed E-state index contributed by atoms with van der Waals surface area (Å²) in [6.45, 7) is 0.311. The van der Waals surface area contributed by atoms with Crippen molar-refractivity contribution in [3.05, 3.63) is 76.0 Å². The van der Waals surface area contributed by atoms with Gasteiger partial charge in [0.05, 0.1) is 26.2 Å². The van der Waals surface area contributed by atoms with E-state index in [9.17, 15) is 18.0 Å². The van der Waals surface area contributed by atoms with Crippen LogP contribution >= 0.6 is 11.3 Å². The Kier molecular flexibility index (Phi) is 7.22. The second kappa shape index (κ2) is 9.87. The Labute approximate surface area is 182 Å². The summed E-state index contributed by atoms with van der Waals surface area (Å²) in [7, 11) is 3.05. The number of rotatable bonds is 8. The van der Waals surface area contributed by atoms with Crippen LogP contribution in [0.15, 0.2) is 60.0 Å². The second-order valence-electron chi connectivity index (χ2n) is 6.79. The zero-order valence-corrected chi connectivity index (χ0v) is 17.9. The number of nitrogens with zero attached hydrogens (tertiary/aromatic N) is 1. The maximum Gasteiger partial charge on any atom is 0.416 e. The van der Waals surface area contributed by atoms with E-state index in [1.165, 1.54) is 37.7 Å². The lowest BCUT2D eigenvalue weighted by atomic mass is 10.1. The number of amides is 1. The Hall–Kier alpha value is -3.00. The third-order valence-electron chi connectivity index (χ3n) is 4.79. The summed E-state index contributed by atoms with van der Waals surface area (Å²) < 4.78 is 49.0. The van der Waals surface area contributed by atoms with Crippen LogP contribution in [0, 0.1) is 0 Å². The largest absolute Gasteiger partial charge is 0.493 e. The minimum Gasteiger partial charge on any atom is -0.493 e. The summed E-state index contributed by atoms with van der Waals surface area (Å²) in [5.41, 5.74) is 0.648. The lowest BCUT2D eigenvalue weighted by Crippen LogP contribution is -2.34. The fourth-order valence-electron chi connectivity index (χ4n) is 3.15. The maximum atomic E-state index is 13.1. The molecule has 3 rings (SSSR count). The van der Waals surface area contributed by atoms with Crippen LogP contribution in [0.3, 0.4) is 0 Å². The standard InChI is InChI=1S/C23H22F3NO3S/c1-29-20-10-9-18(14-21(20)30-2)27(22(28)15-19-4-3-13-31-19)12-11-16-5-7-17(8-6-16)23(24,25)26/h3-10,13-14H,11-12,15H2,1-2H3. The van der Waals surface area contributed by atoms with Crippen molar-refractivity contribution in [1.82, 2.24) is 0 Å². The molecule has 0 fully saturated rings. The Balaban J connectivity index is 1.82. The molecule has 0 bridgehead atoms. The molecule has 0 saturated carbocycles. The van der Waals surface area contributed by atoms with Crippen molar-refractivity contribution < 1.29 is 27.4 Å². The quantitative estimate of drug-likeness (QED) is 0.449. The van der Waals surface area contributed by atoms with E-state index in [-0.39, 0.29) is 12.3 Å². The van der Waals surface area contributed by atoms with Crippen molar-refractivity contribution in [2.45, 2.75) is 19.0 Å². The molecule has 0 radical (unpaired) electrons. The number of hydrogen-bond donors (Lipinski definition) is 0. The van der Waals surface area contributed by atoms with E-state index < -0.39 is 11.7 Å². The van der Waals surface area contributed by atoms with Crippen LogP contribution in [0.25, 0.3) is 0 Å². The van der Waals surface area contributed by atoms with Crippen LogP contribution in [0.2, 0.25) is 0 Å². The highest BCUT2D eigenvalue weighted by molar-refractivity contribution is 7.10. The number of carbonyl (C=O) groups excluding carboxylic acids is 1. The van der Waals surface area contributed by atoms with E-state index >= 15 is 0 Å². The zero-order chi connectivity index (χ0) is 22.4. The highest BCUT2D eigenvalue weighted by Crippen LogP contribution is 2.32. The van der Waals surface area contributed by atoms with Crippen LogP contribution in [0.1, 0.15) is 16.0 Å². The molecule has 0 unspecified atom stereocenters. The van der Waals surface area contributed by atoms with Crippen molar-refractivity contribution in [1.29, 1.82) is 0 Å². The highest BCUT2D eigenvalue weighted by atomic mass is 32.1. The van der Waals surface area contributed by atoms with E-state index in [4.69, 9.17) is 9.47 Å². The summed E-state index contributed by atoms with van der Waals surface area (Å²) in [4.78, 5) is 15.6. The van der Waals surface area contributed by atoms with Gasteiger partial charge in [0.25, 0.3) is 0 Å². The monoisotopic (exact) mass is 449 g/mol. The predicted octanol–water partition coefficient (Wildman–Crippen LogP) is 5.60. The first-order chi connectivity index (χ1) is 14.8.